The van der Waals surface area contributed by atoms with Crippen molar-refractivity contribution in [2.75, 3.05) is 5.73 Å². The zero-order valence-corrected chi connectivity index (χ0v) is 9.04. The molecule has 1 aromatic carbocycles. The van der Waals surface area contributed by atoms with Gasteiger partial charge in [0.05, 0.1) is 10.2 Å². The summed E-state index contributed by atoms with van der Waals surface area (Å²) in [7, 11) is 0. The number of nitrogens with two attached hydrogens (primary N) is 1. The van der Waals surface area contributed by atoms with Crippen molar-refractivity contribution in [3.63, 3.8) is 0 Å². The van der Waals surface area contributed by atoms with E-state index in [9.17, 15) is 17.6 Å². The summed E-state index contributed by atoms with van der Waals surface area (Å²) in [6.07, 6.45) is -4.84. The fourth-order valence-corrected chi connectivity index (χ4v) is 1.56. The van der Waals surface area contributed by atoms with E-state index in [-0.39, 0.29) is 10.0 Å². The van der Waals surface area contributed by atoms with Crippen molar-refractivity contribution < 1.29 is 22.3 Å². The molecule has 0 aromatic heterocycles. The van der Waals surface area contributed by atoms with Gasteiger partial charge in [-0.2, -0.15) is 0 Å². The number of benzene rings is 1. The molecule has 0 bridgehead atoms. The normalized spacial score (nSPS) is 11.6. The largest absolute Gasteiger partial charge is 0.573 e. The number of aryl methyl sites for hydroxylation is 1. The summed E-state index contributed by atoms with van der Waals surface area (Å²) < 4.78 is 52.3. The van der Waals surface area contributed by atoms with Gasteiger partial charge in [0.1, 0.15) is 11.6 Å². The molecule has 0 aliphatic heterocycles. The van der Waals surface area contributed by atoms with Crippen LogP contribution >= 0.6 is 15.9 Å². The van der Waals surface area contributed by atoms with Gasteiger partial charge in [-0.25, -0.2) is 4.39 Å². The van der Waals surface area contributed by atoms with Gasteiger partial charge in [0, 0.05) is 0 Å². The van der Waals surface area contributed by atoms with Crippen LogP contribution in [0.25, 0.3) is 0 Å². The first kappa shape index (κ1) is 12.1. The van der Waals surface area contributed by atoms with Crippen molar-refractivity contribution in [3.05, 3.63) is 21.9 Å². The number of nitrogen functional groups attached to an aromatic ring is 1. The summed E-state index contributed by atoms with van der Waals surface area (Å²) in [5.74, 6) is -1.32. The van der Waals surface area contributed by atoms with E-state index in [1.165, 1.54) is 6.92 Å². The molecular formula is C8H6BrF4NO. The molecule has 0 radical (unpaired) electrons. The molecule has 0 spiro atoms. The Morgan fingerprint density at radius 3 is 2.40 bits per heavy atom. The van der Waals surface area contributed by atoms with Crippen LogP contribution < -0.4 is 10.5 Å². The second-order valence-corrected chi connectivity index (χ2v) is 3.57. The van der Waals surface area contributed by atoms with E-state index in [0.29, 0.717) is 0 Å². The highest BCUT2D eigenvalue weighted by Gasteiger charge is 2.33. The van der Waals surface area contributed by atoms with Gasteiger partial charge < -0.3 is 10.5 Å². The van der Waals surface area contributed by atoms with Crippen molar-refractivity contribution in [1.29, 1.82) is 0 Å². The number of anilines is 1. The minimum atomic E-state index is -4.84. The number of ether oxygens (including phenoxy) is 1. The summed E-state index contributed by atoms with van der Waals surface area (Å²) in [6.45, 7) is 1.29. The lowest BCUT2D eigenvalue weighted by Crippen LogP contribution is -2.18. The van der Waals surface area contributed by atoms with Crippen molar-refractivity contribution in [2.45, 2.75) is 13.3 Å². The lowest BCUT2D eigenvalue weighted by Gasteiger charge is -2.14. The first-order valence-electron chi connectivity index (χ1n) is 3.72. The maximum Gasteiger partial charge on any atom is 0.573 e. The van der Waals surface area contributed by atoms with Gasteiger partial charge in [-0.3, -0.25) is 0 Å². The Balaban J connectivity index is 3.24. The Morgan fingerprint density at radius 2 is 1.93 bits per heavy atom. The molecule has 0 unspecified atom stereocenters. The predicted octanol–water partition coefficient (Wildman–Crippen LogP) is 3.38. The summed E-state index contributed by atoms with van der Waals surface area (Å²) in [5.41, 5.74) is 4.79. The summed E-state index contributed by atoms with van der Waals surface area (Å²) in [5, 5.41) is 0. The first-order valence-corrected chi connectivity index (χ1v) is 4.51. The van der Waals surface area contributed by atoms with E-state index in [1.54, 1.807) is 0 Å². The lowest BCUT2D eigenvalue weighted by atomic mass is 10.2. The molecule has 0 fully saturated rings. The van der Waals surface area contributed by atoms with Crippen molar-refractivity contribution in [1.82, 2.24) is 0 Å². The summed E-state index contributed by atoms with van der Waals surface area (Å²) in [6, 6.07) is 0.876. The zero-order valence-electron chi connectivity index (χ0n) is 7.45. The van der Waals surface area contributed by atoms with E-state index in [2.05, 4.69) is 20.7 Å². The van der Waals surface area contributed by atoms with Crippen LogP contribution in [0.3, 0.4) is 0 Å². The molecule has 0 amide bonds. The van der Waals surface area contributed by atoms with Crippen LogP contribution in [0.2, 0.25) is 0 Å². The van der Waals surface area contributed by atoms with Crippen LogP contribution in [0.15, 0.2) is 10.5 Å². The van der Waals surface area contributed by atoms with Crippen LogP contribution in [0, 0.1) is 12.7 Å². The Morgan fingerprint density at radius 1 is 1.40 bits per heavy atom. The van der Waals surface area contributed by atoms with E-state index in [0.717, 1.165) is 6.07 Å². The summed E-state index contributed by atoms with van der Waals surface area (Å²) >= 11 is 2.74. The minimum absolute atomic E-state index is 0.00546. The number of alkyl halides is 3. The van der Waals surface area contributed by atoms with E-state index >= 15 is 0 Å². The molecule has 0 saturated carbocycles. The molecule has 0 saturated heterocycles. The molecular weight excluding hydrogens is 282 g/mol. The van der Waals surface area contributed by atoms with Gasteiger partial charge in [0.2, 0.25) is 0 Å². The minimum Gasteiger partial charge on any atom is -0.404 e. The van der Waals surface area contributed by atoms with E-state index in [1.807, 2.05) is 0 Å². The predicted molar refractivity (Wildman–Crippen MR) is 49.9 cm³/mol. The Kier molecular flexibility index (Phi) is 3.13. The summed E-state index contributed by atoms with van der Waals surface area (Å²) in [4.78, 5) is 0. The molecule has 0 aliphatic carbocycles. The molecule has 0 aliphatic rings. The smallest absolute Gasteiger partial charge is 0.404 e. The van der Waals surface area contributed by atoms with Gasteiger partial charge in [0.15, 0.2) is 0 Å². The number of hydrogen-bond donors (Lipinski definition) is 1. The average Bonchev–Trinajstić information content (AvgIpc) is 2.07. The molecule has 1 rings (SSSR count). The van der Waals surface area contributed by atoms with Crippen molar-refractivity contribution in [3.8, 4) is 5.75 Å². The fourth-order valence-electron chi connectivity index (χ4n) is 0.975. The first-order chi connectivity index (χ1) is 6.72. The SMILES string of the molecule is Cc1cc(F)c(N)c(Br)c1OC(F)(F)F. The maximum atomic E-state index is 13.0. The van der Waals surface area contributed by atoms with Gasteiger partial charge in [-0.1, -0.05) is 0 Å². The van der Waals surface area contributed by atoms with Crippen molar-refractivity contribution >= 4 is 21.6 Å². The third-order valence-corrected chi connectivity index (χ3v) is 2.40. The van der Waals surface area contributed by atoms with Crippen LogP contribution in [0.1, 0.15) is 5.56 Å². The molecule has 84 valence electrons. The van der Waals surface area contributed by atoms with E-state index in [4.69, 9.17) is 5.73 Å². The zero-order chi connectivity index (χ0) is 11.8. The molecule has 1 aromatic rings. The Bertz CT molecular complexity index is 391. The molecule has 15 heavy (non-hydrogen) atoms. The fraction of sp³-hybridized carbons (Fsp3) is 0.250. The average molecular weight is 288 g/mol. The molecule has 0 heterocycles. The number of rotatable bonds is 1. The van der Waals surface area contributed by atoms with Crippen LogP contribution in [0.4, 0.5) is 23.2 Å². The van der Waals surface area contributed by atoms with Gasteiger partial charge >= 0.3 is 6.36 Å². The number of halogens is 5. The topological polar surface area (TPSA) is 35.2 Å². The molecule has 2 nitrogen and oxygen atoms in total. The van der Waals surface area contributed by atoms with E-state index < -0.39 is 23.6 Å². The third kappa shape index (κ3) is 2.74. The van der Waals surface area contributed by atoms with Crippen LogP contribution in [-0.4, -0.2) is 6.36 Å². The molecule has 7 heteroatoms. The lowest BCUT2D eigenvalue weighted by molar-refractivity contribution is -0.275. The third-order valence-electron chi connectivity index (χ3n) is 1.61. The van der Waals surface area contributed by atoms with Gasteiger partial charge in [0.25, 0.3) is 0 Å². The molecule has 2 N–H and O–H groups in total. The number of hydrogen-bond acceptors (Lipinski definition) is 2. The monoisotopic (exact) mass is 287 g/mol. The quantitative estimate of drug-likeness (QED) is 0.635. The molecule has 0 atom stereocenters. The standard InChI is InChI=1S/C8H6BrF4NO/c1-3-2-4(10)6(14)5(9)7(3)15-8(11,12)13/h2H,14H2,1H3. The van der Waals surface area contributed by atoms with Crippen molar-refractivity contribution in [2.24, 2.45) is 0 Å². The Hall–Kier alpha value is -0.980. The highest BCUT2D eigenvalue weighted by molar-refractivity contribution is 9.10. The highest BCUT2D eigenvalue weighted by Crippen LogP contribution is 2.38. The maximum absolute atomic E-state index is 13.0. The van der Waals surface area contributed by atoms with Crippen LogP contribution in [0.5, 0.6) is 5.75 Å². The highest BCUT2D eigenvalue weighted by atomic mass is 79.9. The Labute approximate surface area is 91.1 Å². The second-order valence-electron chi connectivity index (χ2n) is 2.78. The van der Waals surface area contributed by atoms with Crippen LogP contribution in [-0.2, 0) is 0 Å². The van der Waals surface area contributed by atoms with Gasteiger partial charge in [-0.15, -0.1) is 13.2 Å². The second kappa shape index (κ2) is 3.88. The van der Waals surface area contributed by atoms with Gasteiger partial charge in [-0.05, 0) is 34.5 Å².